The molecule has 1 aliphatic heterocycles. The summed E-state index contributed by atoms with van der Waals surface area (Å²) < 4.78 is 0. The highest BCUT2D eigenvalue weighted by molar-refractivity contribution is 8.18. The highest BCUT2D eigenvalue weighted by atomic mass is 35.5. The molecule has 0 atom stereocenters. The summed E-state index contributed by atoms with van der Waals surface area (Å²) in [5.41, 5.74) is 1.46. The lowest BCUT2D eigenvalue weighted by Crippen LogP contribution is -2.23. The second kappa shape index (κ2) is 7.19. The molecule has 0 radical (unpaired) electrons. The van der Waals surface area contributed by atoms with E-state index in [0.717, 1.165) is 11.3 Å². The minimum Gasteiger partial charge on any atom is -0.290 e. The molecule has 2 aromatic carbocycles. The number of rotatable bonds is 2. The van der Waals surface area contributed by atoms with Gasteiger partial charge in [0.25, 0.3) is 5.91 Å². The number of amidine groups is 1. The molecular formula is C17H11Cl3N2OS. The molecule has 1 fully saturated rings. The molecule has 1 aliphatic rings. The van der Waals surface area contributed by atoms with Gasteiger partial charge in [0.2, 0.25) is 0 Å². The first-order chi connectivity index (χ1) is 11.4. The molecule has 0 aliphatic carbocycles. The Balaban J connectivity index is 1.91. The van der Waals surface area contributed by atoms with Crippen LogP contribution in [0.5, 0.6) is 0 Å². The van der Waals surface area contributed by atoms with Crippen molar-refractivity contribution in [1.82, 2.24) is 4.90 Å². The number of hydrogen-bond acceptors (Lipinski definition) is 3. The molecule has 3 nitrogen and oxygen atoms in total. The summed E-state index contributed by atoms with van der Waals surface area (Å²) >= 11 is 19.2. The van der Waals surface area contributed by atoms with Gasteiger partial charge in [-0.3, -0.25) is 9.69 Å². The third-order valence-electron chi connectivity index (χ3n) is 3.30. The number of likely N-dealkylation sites (N-methyl/N-ethyl adjacent to an activating group) is 1. The van der Waals surface area contributed by atoms with E-state index in [-0.39, 0.29) is 5.91 Å². The Kier molecular flexibility index (Phi) is 5.21. The van der Waals surface area contributed by atoms with E-state index in [2.05, 4.69) is 4.99 Å². The zero-order chi connectivity index (χ0) is 17.3. The maximum absolute atomic E-state index is 12.4. The monoisotopic (exact) mass is 396 g/mol. The Bertz CT molecular complexity index is 863. The predicted octanol–water partition coefficient (Wildman–Crippen LogP) is 5.88. The summed E-state index contributed by atoms with van der Waals surface area (Å²) in [5, 5.41) is 2.28. The smallest absolute Gasteiger partial charge is 0.266 e. The molecular weight excluding hydrogens is 387 g/mol. The van der Waals surface area contributed by atoms with Gasteiger partial charge in [0, 0.05) is 22.1 Å². The van der Waals surface area contributed by atoms with Crippen molar-refractivity contribution in [2.75, 3.05) is 7.05 Å². The fourth-order valence-corrected chi connectivity index (χ4v) is 3.60. The van der Waals surface area contributed by atoms with Crippen LogP contribution in [-0.4, -0.2) is 23.0 Å². The Morgan fingerprint density at radius 2 is 1.71 bits per heavy atom. The number of carbonyl (C=O) groups is 1. The van der Waals surface area contributed by atoms with Crippen molar-refractivity contribution in [3.05, 3.63) is 68.0 Å². The molecule has 0 bridgehead atoms. The second-order valence-electron chi connectivity index (χ2n) is 5.01. The fourth-order valence-electron chi connectivity index (χ4n) is 2.04. The molecule has 3 rings (SSSR count). The topological polar surface area (TPSA) is 32.7 Å². The van der Waals surface area contributed by atoms with Gasteiger partial charge < -0.3 is 0 Å². The van der Waals surface area contributed by atoms with Crippen LogP contribution in [0.2, 0.25) is 15.1 Å². The van der Waals surface area contributed by atoms with Gasteiger partial charge in [0.1, 0.15) is 0 Å². The summed E-state index contributed by atoms with van der Waals surface area (Å²) in [7, 11) is 1.69. The van der Waals surface area contributed by atoms with Crippen LogP contribution >= 0.6 is 46.6 Å². The van der Waals surface area contributed by atoms with Crippen LogP contribution < -0.4 is 0 Å². The van der Waals surface area contributed by atoms with Gasteiger partial charge in [-0.25, -0.2) is 4.99 Å². The Morgan fingerprint density at radius 3 is 2.38 bits per heavy atom. The zero-order valence-electron chi connectivity index (χ0n) is 12.5. The molecule has 0 aromatic heterocycles. The number of amides is 1. The summed E-state index contributed by atoms with van der Waals surface area (Å²) in [6.45, 7) is 0. The van der Waals surface area contributed by atoms with Gasteiger partial charge >= 0.3 is 0 Å². The van der Waals surface area contributed by atoms with Crippen LogP contribution in [0.4, 0.5) is 5.69 Å². The standard InChI is InChI=1S/C17H11Cl3N2OS/c1-22-16(23)15(8-10-2-3-12(19)9-14(10)20)24-17(22)21-13-6-4-11(18)5-7-13/h2-9H,1H3/b15-8+,21-17?. The molecule has 122 valence electrons. The zero-order valence-corrected chi connectivity index (χ0v) is 15.5. The molecule has 24 heavy (non-hydrogen) atoms. The summed E-state index contributed by atoms with van der Waals surface area (Å²) in [6, 6.07) is 12.3. The van der Waals surface area contributed by atoms with Gasteiger partial charge in [0.15, 0.2) is 5.17 Å². The van der Waals surface area contributed by atoms with E-state index >= 15 is 0 Å². The van der Waals surface area contributed by atoms with E-state index in [9.17, 15) is 4.79 Å². The molecule has 0 saturated carbocycles. The van der Waals surface area contributed by atoms with Gasteiger partial charge in [-0.05, 0) is 59.8 Å². The molecule has 0 N–H and O–H groups in total. The highest BCUT2D eigenvalue weighted by Crippen LogP contribution is 2.34. The minimum atomic E-state index is -0.126. The van der Waals surface area contributed by atoms with E-state index in [1.165, 1.54) is 16.7 Å². The molecule has 0 spiro atoms. The first kappa shape index (κ1) is 17.4. The fraction of sp³-hybridized carbons (Fsp3) is 0.0588. The molecule has 1 heterocycles. The van der Waals surface area contributed by atoms with Crippen molar-refractivity contribution < 1.29 is 4.79 Å². The van der Waals surface area contributed by atoms with Gasteiger partial charge in [0.05, 0.1) is 10.6 Å². The molecule has 0 unspecified atom stereocenters. The first-order valence-electron chi connectivity index (χ1n) is 6.91. The largest absolute Gasteiger partial charge is 0.290 e. The molecule has 1 saturated heterocycles. The van der Waals surface area contributed by atoms with Crippen LogP contribution in [-0.2, 0) is 4.79 Å². The lowest BCUT2D eigenvalue weighted by Gasteiger charge is -2.07. The van der Waals surface area contributed by atoms with Crippen LogP contribution in [0, 0.1) is 0 Å². The third-order valence-corrected chi connectivity index (χ3v) is 5.18. The van der Waals surface area contributed by atoms with E-state index in [0.29, 0.717) is 25.1 Å². The average Bonchev–Trinajstić information content (AvgIpc) is 2.80. The SMILES string of the molecule is CN1C(=O)/C(=C\c2ccc(Cl)cc2Cl)SC1=Nc1ccc(Cl)cc1. The van der Waals surface area contributed by atoms with Crippen molar-refractivity contribution in [3.63, 3.8) is 0 Å². The van der Waals surface area contributed by atoms with Crippen molar-refractivity contribution in [1.29, 1.82) is 0 Å². The van der Waals surface area contributed by atoms with E-state index in [1.54, 1.807) is 55.6 Å². The van der Waals surface area contributed by atoms with E-state index in [4.69, 9.17) is 34.8 Å². The van der Waals surface area contributed by atoms with E-state index < -0.39 is 0 Å². The van der Waals surface area contributed by atoms with Crippen LogP contribution in [0.1, 0.15) is 5.56 Å². The van der Waals surface area contributed by atoms with Gasteiger partial charge in [-0.2, -0.15) is 0 Å². The molecule has 7 heteroatoms. The van der Waals surface area contributed by atoms with Gasteiger partial charge in [-0.1, -0.05) is 40.9 Å². The van der Waals surface area contributed by atoms with Crippen molar-refractivity contribution >= 4 is 69.4 Å². The lowest BCUT2D eigenvalue weighted by molar-refractivity contribution is -0.121. The second-order valence-corrected chi connectivity index (χ2v) is 7.30. The number of thioether (sulfide) groups is 1. The number of nitrogens with zero attached hydrogens (tertiary/aromatic N) is 2. The minimum absolute atomic E-state index is 0.126. The maximum atomic E-state index is 12.4. The van der Waals surface area contributed by atoms with Crippen molar-refractivity contribution in [3.8, 4) is 0 Å². The number of benzene rings is 2. The molecule has 1 amide bonds. The highest BCUT2D eigenvalue weighted by Gasteiger charge is 2.30. The number of halogens is 3. The number of hydrogen-bond donors (Lipinski definition) is 0. The normalized spacial score (nSPS) is 18.0. The third kappa shape index (κ3) is 3.78. The van der Waals surface area contributed by atoms with E-state index in [1.807, 2.05) is 0 Å². The summed E-state index contributed by atoms with van der Waals surface area (Å²) in [5.74, 6) is -0.126. The number of carbonyl (C=O) groups excluding carboxylic acids is 1. The van der Waals surface area contributed by atoms with Crippen LogP contribution in [0.25, 0.3) is 6.08 Å². The maximum Gasteiger partial charge on any atom is 0.266 e. The summed E-state index contributed by atoms with van der Waals surface area (Å²) in [4.78, 5) is 19.0. The van der Waals surface area contributed by atoms with Crippen molar-refractivity contribution in [2.24, 2.45) is 4.99 Å². The molecule has 2 aromatic rings. The Hall–Kier alpha value is -1.46. The Morgan fingerprint density at radius 1 is 1.04 bits per heavy atom. The average molecular weight is 398 g/mol. The van der Waals surface area contributed by atoms with Crippen molar-refractivity contribution in [2.45, 2.75) is 0 Å². The van der Waals surface area contributed by atoms with Crippen LogP contribution in [0.15, 0.2) is 52.4 Å². The first-order valence-corrected chi connectivity index (χ1v) is 8.86. The Labute approximate surface area is 158 Å². The van der Waals surface area contributed by atoms with Crippen LogP contribution in [0.3, 0.4) is 0 Å². The lowest BCUT2D eigenvalue weighted by atomic mass is 10.2. The van der Waals surface area contributed by atoms with Gasteiger partial charge in [-0.15, -0.1) is 0 Å². The number of aliphatic imine (C=N–C) groups is 1. The summed E-state index contributed by atoms with van der Waals surface area (Å²) in [6.07, 6.45) is 1.74. The predicted molar refractivity (Wildman–Crippen MR) is 103 cm³/mol. The quantitative estimate of drug-likeness (QED) is 0.593.